The summed E-state index contributed by atoms with van der Waals surface area (Å²) in [6, 6.07) is 22.6. The van der Waals surface area contributed by atoms with Crippen molar-refractivity contribution in [2.45, 2.75) is 45.3 Å². The molecule has 0 radical (unpaired) electrons. The first-order valence-corrected chi connectivity index (χ1v) is 11.1. The smallest absolute Gasteiger partial charge is 0.325 e. The van der Waals surface area contributed by atoms with E-state index in [2.05, 4.69) is 5.32 Å². The van der Waals surface area contributed by atoms with Gasteiger partial charge in [0, 0.05) is 12.1 Å². The van der Waals surface area contributed by atoms with Crippen molar-refractivity contribution in [1.82, 2.24) is 15.1 Å². The van der Waals surface area contributed by atoms with Crippen molar-refractivity contribution in [3.05, 3.63) is 83.9 Å². The van der Waals surface area contributed by atoms with Gasteiger partial charge in [0.15, 0.2) is 0 Å². The fourth-order valence-corrected chi connectivity index (χ4v) is 4.37. The minimum Gasteiger partial charge on any atom is -0.332 e. The number of nitrogens with one attached hydrogen (secondary N) is 1. The van der Waals surface area contributed by atoms with Crippen LogP contribution in [-0.2, 0) is 21.7 Å². The molecular formula is C27H29N3O3. The van der Waals surface area contributed by atoms with Crippen LogP contribution in [0.15, 0.2) is 72.8 Å². The first-order valence-electron chi connectivity index (χ1n) is 11.1. The van der Waals surface area contributed by atoms with Crippen LogP contribution in [0, 0.1) is 0 Å². The average molecular weight is 444 g/mol. The Morgan fingerprint density at radius 3 is 2.27 bits per heavy atom. The van der Waals surface area contributed by atoms with E-state index >= 15 is 0 Å². The maximum atomic E-state index is 13.5. The maximum absolute atomic E-state index is 13.5. The number of carbonyl (C=O) groups is 3. The standard InChI is InChI=1S/C27H29N3O3/c1-26(2,3)30(17-19-11-6-5-7-12-19)23(31)18-29-24(32)27(4,28-25(29)33)22-16-10-14-20-13-8-9-15-21(20)22/h5-16H,17-18H2,1-4H3,(H,28,33). The predicted octanol–water partition coefficient (Wildman–Crippen LogP) is 4.43. The second kappa shape index (κ2) is 8.35. The fourth-order valence-electron chi connectivity index (χ4n) is 4.37. The summed E-state index contributed by atoms with van der Waals surface area (Å²) < 4.78 is 0. The highest BCUT2D eigenvalue weighted by atomic mass is 16.2. The molecule has 1 unspecified atom stereocenters. The second-order valence-electron chi connectivity index (χ2n) is 9.61. The van der Waals surface area contributed by atoms with E-state index in [0.717, 1.165) is 21.2 Å². The molecule has 0 aromatic heterocycles. The van der Waals surface area contributed by atoms with E-state index in [9.17, 15) is 14.4 Å². The Morgan fingerprint density at radius 2 is 1.58 bits per heavy atom. The van der Waals surface area contributed by atoms with Gasteiger partial charge in [0.05, 0.1) is 0 Å². The summed E-state index contributed by atoms with van der Waals surface area (Å²) in [5, 5.41) is 4.71. The van der Waals surface area contributed by atoms with E-state index in [1.807, 2.05) is 93.6 Å². The molecule has 1 heterocycles. The Kier molecular flexibility index (Phi) is 5.70. The van der Waals surface area contributed by atoms with Crippen molar-refractivity contribution in [2.24, 2.45) is 0 Å². The number of hydrogen-bond acceptors (Lipinski definition) is 3. The molecule has 3 aromatic carbocycles. The lowest BCUT2D eigenvalue weighted by Gasteiger charge is -2.36. The normalized spacial score (nSPS) is 18.5. The van der Waals surface area contributed by atoms with E-state index in [4.69, 9.17) is 0 Å². The van der Waals surface area contributed by atoms with Crippen LogP contribution in [0.1, 0.15) is 38.8 Å². The Bertz CT molecular complexity index is 1210. The van der Waals surface area contributed by atoms with Crippen LogP contribution in [0.5, 0.6) is 0 Å². The summed E-state index contributed by atoms with van der Waals surface area (Å²) >= 11 is 0. The predicted molar refractivity (Wildman–Crippen MR) is 128 cm³/mol. The Balaban J connectivity index is 1.61. The van der Waals surface area contributed by atoms with Gasteiger partial charge >= 0.3 is 6.03 Å². The summed E-state index contributed by atoms with van der Waals surface area (Å²) in [6.45, 7) is 7.62. The molecule has 1 aliphatic heterocycles. The summed E-state index contributed by atoms with van der Waals surface area (Å²) in [4.78, 5) is 42.5. The molecular weight excluding hydrogens is 414 g/mol. The van der Waals surface area contributed by atoms with E-state index in [1.54, 1.807) is 11.8 Å². The number of amides is 4. The monoisotopic (exact) mass is 443 g/mol. The van der Waals surface area contributed by atoms with Crippen LogP contribution in [0.4, 0.5) is 4.79 Å². The fraction of sp³-hybridized carbons (Fsp3) is 0.296. The van der Waals surface area contributed by atoms with Crippen molar-refractivity contribution >= 4 is 28.6 Å². The van der Waals surface area contributed by atoms with Crippen molar-refractivity contribution < 1.29 is 14.4 Å². The lowest BCUT2D eigenvalue weighted by Crippen LogP contribution is -2.50. The van der Waals surface area contributed by atoms with Gasteiger partial charge in [0.2, 0.25) is 5.91 Å². The van der Waals surface area contributed by atoms with Gasteiger partial charge in [-0.25, -0.2) is 4.79 Å². The topological polar surface area (TPSA) is 69.7 Å². The van der Waals surface area contributed by atoms with Gasteiger partial charge in [-0.1, -0.05) is 72.8 Å². The van der Waals surface area contributed by atoms with Gasteiger partial charge in [-0.05, 0) is 49.6 Å². The van der Waals surface area contributed by atoms with Gasteiger partial charge in [-0.2, -0.15) is 0 Å². The zero-order valence-corrected chi connectivity index (χ0v) is 19.5. The van der Waals surface area contributed by atoms with Crippen LogP contribution >= 0.6 is 0 Å². The number of nitrogens with zero attached hydrogens (tertiary/aromatic N) is 2. The summed E-state index contributed by atoms with van der Waals surface area (Å²) in [7, 11) is 0. The number of hydrogen-bond donors (Lipinski definition) is 1. The van der Waals surface area contributed by atoms with Crippen LogP contribution in [-0.4, -0.2) is 39.7 Å². The third kappa shape index (κ3) is 4.21. The van der Waals surface area contributed by atoms with Crippen LogP contribution in [0.25, 0.3) is 10.8 Å². The Labute approximate surface area is 194 Å². The van der Waals surface area contributed by atoms with Crippen molar-refractivity contribution in [1.29, 1.82) is 0 Å². The molecule has 0 bridgehead atoms. The molecule has 1 saturated heterocycles. The Morgan fingerprint density at radius 1 is 0.939 bits per heavy atom. The maximum Gasteiger partial charge on any atom is 0.325 e. The molecule has 0 saturated carbocycles. The molecule has 4 amide bonds. The number of urea groups is 1. The molecule has 1 fully saturated rings. The zero-order chi connectivity index (χ0) is 23.8. The van der Waals surface area contributed by atoms with E-state index in [0.29, 0.717) is 12.1 Å². The molecule has 1 aliphatic rings. The first-order chi connectivity index (χ1) is 15.6. The van der Waals surface area contributed by atoms with Crippen LogP contribution in [0.3, 0.4) is 0 Å². The third-order valence-corrected chi connectivity index (χ3v) is 6.19. The van der Waals surface area contributed by atoms with E-state index in [1.165, 1.54) is 0 Å². The van der Waals surface area contributed by atoms with Gasteiger partial charge in [0.25, 0.3) is 5.91 Å². The molecule has 4 rings (SSSR count). The number of carbonyl (C=O) groups excluding carboxylic acids is 3. The van der Waals surface area contributed by atoms with Gasteiger partial charge in [-0.15, -0.1) is 0 Å². The minimum absolute atomic E-state index is 0.281. The van der Waals surface area contributed by atoms with Crippen molar-refractivity contribution in [3.63, 3.8) is 0 Å². The average Bonchev–Trinajstić information content (AvgIpc) is 3.00. The van der Waals surface area contributed by atoms with Gasteiger partial charge in [-0.3, -0.25) is 14.5 Å². The van der Waals surface area contributed by atoms with Crippen LogP contribution < -0.4 is 5.32 Å². The molecule has 1 N–H and O–H groups in total. The highest BCUT2D eigenvalue weighted by Gasteiger charge is 2.50. The van der Waals surface area contributed by atoms with Gasteiger partial charge in [0.1, 0.15) is 12.1 Å². The number of fused-ring (bicyclic) bond motifs is 1. The summed E-state index contributed by atoms with van der Waals surface area (Å²) in [5.41, 5.74) is -0.0283. The lowest BCUT2D eigenvalue weighted by atomic mass is 9.88. The quantitative estimate of drug-likeness (QED) is 0.593. The number of imide groups is 1. The summed E-state index contributed by atoms with van der Waals surface area (Å²) in [6.07, 6.45) is 0. The van der Waals surface area contributed by atoms with Gasteiger partial charge < -0.3 is 10.2 Å². The molecule has 1 atom stereocenters. The molecule has 33 heavy (non-hydrogen) atoms. The first kappa shape index (κ1) is 22.5. The summed E-state index contributed by atoms with van der Waals surface area (Å²) in [5.74, 6) is -0.706. The van der Waals surface area contributed by atoms with Crippen molar-refractivity contribution in [2.75, 3.05) is 6.54 Å². The number of benzene rings is 3. The molecule has 3 aromatic rings. The van der Waals surface area contributed by atoms with E-state index in [-0.39, 0.29) is 12.5 Å². The lowest BCUT2D eigenvalue weighted by molar-refractivity contribution is -0.142. The zero-order valence-electron chi connectivity index (χ0n) is 19.5. The molecule has 0 spiro atoms. The highest BCUT2D eigenvalue weighted by molar-refractivity contribution is 6.10. The van der Waals surface area contributed by atoms with Crippen molar-refractivity contribution in [3.8, 4) is 0 Å². The molecule has 0 aliphatic carbocycles. The minimum atomic E-state index is -1.25. The second-order valence-corrected chi connectivity index (χ2v) is 9.61. The largest absolute Gasteiger partial charge is 0.332 e. The molecule has 6 nitrogen and oxygen atoms in total. The number of rotatable bonds is 5. The molecule has 6 heteroatoms. The van der Waals surface area contributed by atoms with E-state index < -0.39 is 23.0 Å². The van der Waals surface area contributed by atoms with Crippen LogP contribution in [0.2, 0.25) is 0 Å². The Hall–Kier alpha value is -3.67. The third-order valence-electron chi connectivity index (χ3n) is 6.19. The highest BCUT2D eigenvalue weighted by Crippen LogP contribution is 2.34. The SMILES string of the molecule is CC1(c2cccc3ccccc23)NC(=O)N(CC(=O)N(Cc2ccccc2)C(C)(C)C)C1=O. The molecule has 170 valence electrons.